The minimum Gasteiger partial charge on any atom is -0.0622 e. The van der Waals surface area contributed by atoms with Crippen LogP contribution < -0.4 is 0 Å². The highest BCUT2D eigenvalue weighted by Gasteiger charge is 2.45. The van der Waals surface area contributed by atoms with E-state index < -0.39 is 0 Å². The summed E-state index contributed by atoms with van der Waals surface area (Å²) in [5.41, 5.74) is 12.8. The number of aryl methyl sites for hydroxylation is 2. The highest BCUT2D eigenvalue weighted by atomic mass is 14.5. The average Bonchev–Trinajstić information content (AvgIpc) is 3.17. The Bertz CT molecular complexity index is 1420. The second-order valence-corrected chi connectivity index (χ2v) is 9.09. The molecule has 1 aliphatic rings. The molecule has 0 heteroatoms. The van der Waals surface area contributed by atoms with Gasteiger partial charge in [-0.05, 0) is 75.5 Å². The Morgan fingerprint density at radius 3 is 1.64 bits per heavy atom. The van der Waals surface area contributed by atoms with Crippen molar-refractivity contribution in [2.45, 2.75) is 19.3 Å². The molecule has 0 amide bonds. The summed E-state index contributed by atoms with van der Waals surface area (Å²) in [6.45, 7) is 4.37. The molecule has 1 aliphatic carbocycles. The zero-order valence-electron chi connectivity index (χ0n) is 19.0. The Balaban J connectivity index is 1.71. The first-order valence-corrected chi connectivity index (χ1v) is 11.6. The summed E-state index contributed by atoms with van der Waals surface area (Å²) in [6, 6.07) is 44.7. The summed E-state index contributed by atoms with van der Waals surface area (Å²) < 4.78 is 0. The standard InChI is InChI=1S/C33H26/c1-23-17-18-25(21-24(23)2)26-19-20-30-29-15-9-10-16-31(29)33(32(30)22-26,27-11-5-3-6-12-27)28-13-7-4-8-14-28/h3-22H,1-2H3. The predicted molar refractivity (Wildman–Crippen MR) is 139 cm³/mol. The average molecular weight is 423 g/mol. The third-order valence-corrected chi connectivity index (χ3v) is 7.30. The fourth-order valence-corrected chi connectivity index (χ4v) is 5.54. The largest absolute Gasteiger partial charge is 0.0713 e. The molecule has 0 heterocycles. The van der Waals surface area contributed by atoms with E-state index in [1.54, 1.807) is 0 Å². The Hall–Kier alpha value is -3.90. The topological polar surface area (TPSA) is 0 Å². The molecule has 0 nitrogen and oxygen atoms in total. The molecular weight excluding hydrogens is 396 g/mol. The monoisotopic (exact) mass is 422 g/mol. The second-order valence-electron chi connectivity index (χ2n) is 9.09. The summed E-state index contributed by atoms with van der Waals surface area (Å²) in [5.74, 6) is 0. The molecule has 0 saturated heterocycles. The third-order valence-electron chi connectivity index (χ3n) is 7.30. The van der Waals surface area contributed by atoms with Gasteiger partial charge in [0.25, 0.3) is 0 Å². The number of hydrogen-bond donors (Lipinski definition) is 0. The van der Waals surface area contributed by atoms with Crippen LogP contribution in [0.1, 0.15) is 33.4 Å². The molecule has 5 aromatic carbocycles. The molecule has 158 valence electrons. The van der Waals surface area contributed by atoms with E-state index >= 15 is 0 Å². The Kier molecular flexibility index (Phi) is 4.55. The van der Waals surface area contributed by atoms with Crippen LogP contribution in [0.3, 0.4) is 0 Å². The molecule has 5 aromatic rings. The molecule has 0 saturated carbocycles. The first-order chi connectivity index (χ1) is 16.2. The van der Waals surface area contributed by atoms with Crippen LogP contribution in [0, 0.1) is 13.8 Å². The van der Waals surface area contributed by atoms with Gasteiger partial charge in [-0.3, -0.25) is 0 Å². The third kappa shape index (κ3) is 2.91. The van der Waals surface area contributed by atoms with Gasteiger partial charge in [0.2, 0.25) is 0 Å². The van der Waals surface area contributed by atoms with Crippen molar-refractivity contribution in [3.63, 3.8) is 0 Å². The lowest BCUT2D eigenvalue weighted by Crippen LogP contribution is -2.28. The summed E-state index contributed by atoms with van der Waals surface area (Å²) in [4.78, 5) is 0. The zero-order chi connectivity index (χ0) is 22.4. The number of fused-ring (bicyclic) bond motifs is 3. The Morgan fingerprint density at radius 1 is 0.424 bits per heavy atom. The van der Waals surface area contributed by atoms with E-state index in [4.69, 9.17) is 0 Å². The second kappa shape index (κ2) is 7.60. The van der Waals surface area contributed by atoms with Crippen LogP contribution in [-0.4, -0.2) is 0 Å². The quantitative estimate of drug-likeness (QED) is 0.269. The van der Waals surface area contributed by atoms with Crippen LogP contribution in [0.2, 0.25) is 0 Å². The number of benzene rings is 5. The van der Waals surface area contributed by atoms with Gasteiger partial charge in [-0.15, -0.1) is 0 Å². The molecule has 0 aromatic heterocycles. The summed E-state index contributed by atoms with van der Waals surface area (Å²) >= 11 is 0. The molecule has 0 unspecified atom stereocenters. The number of rotatable bonds is 3. The molecule has 0 spiro atoms. The summed E-state index contributed by atoms with van der Waals surface area (Å²) in [5, 5.41) is 0. The van der Waals surface area contributed by atoms with Crippen molar-refractivity contribution in [2.75, 3.05) is 0 Å². The highest BCUT2D eigenvalue weighted by molar-refractivity contribution is 5.88. The predicted octanol–water partition coefficient (Wildman–Crippen LogP) is 8.33. The van der Waals surface area contributed by atoms with E-state index in [2.05, 4.69) is 135 Å². The van der Waals surface area contributed by atoms with Gasteiger partial charge in [0, 0.05) is 0 Å². The fourth-order valence-electron chi connectivity index (χ4n) is 5.54. The lowest BCUT2D eigenvalue weighted by Gasteiger charge is -2.34. The first-order valence-electron chi connectivity index (χ1n) is 11.6. The van der Waals surface area contributed by atoms with Crippen molar-refractivity contribution in [1.82, 2.24) is 0 Å². The van der Waals surface area contributed by atoms with Gasteiger partial charge in [-0.1, -0.05) is 115 Å². The lowest BCUT2D eigenvalue weighted by molar-refractivity contribution is 0.769. The van der Waals surface area contributed by atoms with E-state index in [0.29, 0.717) is 0 Å². The summed E-state index contributed by atoms with van der Waals surface area (Å²) in [6.07, 6.45) is 0. The summed E-state index contributed by atoms with van der Waals surface area (Å²) in [7, 11) is 0. The minimum atomic E-state index is -0.343. The fraction of sp³-hybridized carbons (Fsp3) is 0.0909. The lowest BCUT2D eigenvalue weighted by atomic mass is 9.67. The van der Waals surface area contributed by atoms with Crippen molar-refractivity contribution in [2.24, 2.45) is 0 Å². The molecule has 6 rings (SSSR count). The Labute approximate surface area is 196 Å². The first kappa shape index (κ1) is 19.8. The van der Waals surface area contributed by atoms with E-state index in [0.717, 1.165) is 0 Å². The van der Waals surface area contributed by atoms with E-state index in [1.165, 1.54) is 55.6 Å². The van der Waals surface area contributed by atoms with Crippen LogP contribution in [-0.2, 0) is 5.41 Å². The van der Waals surface area contributed by atoms with E-state index in [-0.39, 0.29) is 5.41 Å². The molecule has 33 heavy (non-hydrogen) atoms. The Morgan fingerprint density at radius 2 is 0.970 bits per heavy atom. The molecule has 0 atom stereocenters. The van der Waals surface area contributed by atoms with E-state index in [9.17, 15) is 0 Å². The van der Waals surface area contributed by atoms with Crippen LogP contribution >= 0.6 is 0 Å². The van der Waals surface area contributed by atoms with Gasteiger partial charge in [0.1, 0.15) is 0 Å². The minimum absolute atomic E-state index is 0.343. The van der Waals surface area contributed by atoms with Crippen LogP contribution in [0.25, 0.3) is 22.3 Å². The van der Waals surface area contributed by atoms with Gasteiger partial charge >= 0.3 is 0 Å². The van der Waals surface area contributed by atoms with Gasteiger partial charge in [0.15, 0.2) is 0 Å². The zero-order valence-corrected chi connectivity index (χ0v) is 19.0. The molecule has 0 aliphatic heterocycles. The van der Waals surface area contributed by atoms with Gasteiger partial charge in [0.05, 0.1) is 5.41 Å². The van der Waals surface area contributed by atoms with Crippen LogP contribution in [0.15, 0.2) is 121 Å². The maximum Gasteiger partial charge on any atom is 0.0713 e. The van der Waals surface area contributed by atoms with Crippen molar-refractivity contribution < 1.29 is 0 Å². The maximum atomic E-state index is 2.43. The van der Waals surface area contributed by atoms with Crippen LogP contribution in [0.4, 0.5) is 0 Å². The normalized spacial score (nSPS) is 13.4. The van der Waals surface area contributed by atoms with Gasteiger partial charge in [-0.2, -0.15) is 0 Å². The van der Waals surface area contributed by atoms with Crippen molar-refractivity contribution in [3.8, 4) is 22.3 Å². The molecule has 0 bridgehead atoms. The van der Waals surface area contributed by atoms with Gasteiger partial charge in [-0.25, -0.2) is 0 Å². The molecule has 0 N–H and O–H groups in total. The molecular formula is C33H26. The van der Waals surface area contributed by atoms with E-state index in [1.807, 2.05) is 0 Å². The van der Waals surface area contributed by atoms with Crippen molar-refractivity contribution in [1.29, 1.82) is 0 Å². The molecule has 0 radical (unpaired) electrons. The highest BCUT2D eigenvalue weighted by Crippen LogP contribution is 2.56. The van der Waals surface area contributed by atoms with Gasteiger partial charge < -0.3 is 0 Å². The van der Waals surface area contributed by atoms with Crippen LogP contribution in [0.5, 0.6) is 0 Å². The van der Waals surface area contributed by atoms with Crippen molar-refractivity contribution in [3.05, 3.63) is 155 Å². The smallest absolute Gasteiger partial charge is 0.0622 e. The van der Waals surface area contributed by atoms with Crippen molar-refractivity contribution >= 4 is 0 Å². The molecule has 0 fully saturated rings. The SMILES string of the molecule is Cc1ccc(-c2ccc3c(c2)C(c2ccccc2)(c2ccccc2)c2ccccc2-3)cc1C. The number of hydrogen-bond acceptors (Lipinski definition) is 0. The maximum absolute atomic E-state index is 2.43.